The fourth-order valence-corrected chi connectivity index (χ4v) is 5.41. The second-order valence-electron chi connectivity index (χ2n) is 8.44. The molecule has 2 aromatic rings. The Hall–Kier alpha value is -2.38. The van der Waals surface area contributed by atoms with E-state index in [1.54, 1.807) is 18.2 Å². The van der Waals surface area contributed by atoms with E-state index in [9.17, 15) is 13.2 Å². The predicted octanol–water partition coefficient (Wildman–Crippen LogP) is 3.67. The number of likely N-dealkylation sites (tertiary alicyclic amines) is 1. The van der Waals surface area contributed by atoms with Gasteiger partial charge in [-0.25, -0.2) is 8.42 Å². The highest BCUT2D eigenvalue weighted by Crippen LogP contribution is 2.25. The molecule has 1 heterocycles. The molecule has 1 N–H and O–H groups in total. The fourth-order valence-electron chi connectivity index (χ4n) is 4.10. The van der Waals surface area contributed by atoms with E-state index in [2.05, 4.69) is 17.1 Å². The van der Waals surface area contributed by atoms with Gasteiger partial charge in [-0.1, -0.05) is 31.2 Å². The Kier molecular flexibility index (Phi) is 7.73. The van der Waals surface area contributed by atoms with Crippen LogP contribution < -0.4 is 9.62 Å². The van der Waals surface area contributed by atoms with Crippen LogP contribution in [0.3, 0.4) is 0 Å². The molecule has 6 nitrogen and oxygen atoms in total. The normalized spacial score (nSPS) is 17.3. The van der Waals surface area contributed by atoms with E-state index in [1.165, 1.54) is 36.3 Å². The van der Waals surface area contributed by atoms with E-state index in [1.807, 2.05) is 25.1 Å². The maximum absolute atomic E-state index is 13.1. The summed E-state index contributed by atoms with van der Waals surface area (Å²) in [5.74, 6) is 0.494. The van der Waals surface area contributed by atoms with Gasteiger partial charge in [0, 0.05) is 25.7 Å². The highest BCUT2D eigenvalue weighted by Gasteiger charge is 2.23. The quantitative estimate of drug-likeness (QED) is 0.632. The molecule has 31 heavy (non-hydrogen) atoms. The molecule has 2 aromatic carbocycles. The molecule has 1 aliphatic heterocycles. The summed E-state index contributed by atoms with van der Waals surface area (Å²) in [6.45, 7) is 7.96. The smallest absolute Gasteiger partial charge is 0.264 e. The van der Waals surface area contributed by atoms with Gasteiger partial charge in [-0.3, -0.25) is 9.10 Å². The van der Waals surface area contributed by atoms with Crippen LogP contribution in [0.15, 0.2) is 53.4 Å². The topological polar surface area (TPSA) is 69.7 Å². The number of nitrogens with one attached hydrogen (secondary N) is 1. The summed E-state index contributed by atoms with van der Waals surface area (Å²) in [5.41, 5.74) is 1.83. The molecule has 0 unspecified atom stereocenters. The third-order valence-electron chi connectivity index (χ3n) is 5.89. The Balaban J connectivity index is 1.61. The standard InChI is InChI=1S/C24H33N3O3S/c1-19-9-7-15-27(18-19)16-8-14-25-24(28)21-11-6-12-22(17-21)31(29,30)26(3)23-13-5-4-10-20(23)2/h4-6,10-13,17,19H,7-9,14-16,18H2,1-3H3,(H,25,28)/t19-/m1/s1. The molecule has 1 saturated heterocycles. The molecule has 0 spiro atoms. The summed E-state index contributed by atoms with van der Waals surface area (Å²) in [6.07, 6.45) is 3.42. The Morgan fingerprint density at radius 1 is 1.19 bits per heavy atom. The number of aryl methyl sites for hydroxylation is 1. The van der Waals surface area contributed by atoms with Crippen LogP contribution in [0.1, 0.15) is 42.1 Å². The zero-order chi connectivity index (χ0) is 22.4. The van der Waals surface area contributed by atoms with Crippen LogP contribution in [-0.2, 0) is 10.0 Å². The number of carbonyl (C=O) groups excluding carboxylic acids is 1. The first-order chi connectivity index (χ1) is 14.8. The number of benzene rings is 2. The highest BCUT2D eigenvalue weighted by atomic mass is 32.2. The van der Waals surface area contributed by atoms with Crippen LogP contribution in [0.5, 0.6) is 0 Å². The summed E-state index contributed by atoms with van der Waals surface area (Å²) < 4.78 is 27.5. The van der Waals surface area contributed by atoms with E-state index in [-0.39, 0.29) is 10.8 Å². The van der Waals surface area contributed by atoms with Crippen LogP contribution >= 0.6 is 0 Å². The molecule has 0 bridgehead atoms. The lowest BCUT2D eigenvalue weighted by Gasteiger charge is -2.30. The maximum atomic E-state index is 13.1. The van der Waals surface area contributed by atoms with E-state index in [0.717, 1.165) is 37.5 Å². The first-order valence-corrected chi connectivity index (χ1v) is 12.4. The molecular weight excluding hydrogens is 410 g/mol. The number of amides is 1. The number of para-hydroxylation sites is 1. The summed E-state index contributed by atoms with van der Waals surface area (Å²) in [5, 5.41) is 2.92. The number of hydrogen-bond acceptors (Lipinski definition) is 4. The minimum Gasteiger partial charge on any atom is -0.352 e. The van der Waals surface area contributed by atoms with Crippen molar-refractivity contribution in [3.63, 3.8) is 0 Å². The molecule has 7 heteroatoms. The van der Waals surface area contributed by atoms with Crippen LogP contribution in [0.2, 0.25) is 0 Å². The lowest BCUT2D eigenvalue weighted by Crippen LogP contribution is -2.36. The molecule has 0 aromatic heterocycles. The Morgan fingerprint density at radius 3 is 2.71 bits per heavy atom. The number of nitrogens with zero attached hydrogens (tertiary/aromatic N) is 2. The average Bonchev–Trinajstić information content (AvgIpc) is 2.76. The van der Waals surface area contributed by atoms with Gasteiger partial charge in [-0.2, -0.15) is 0 Å². The van der Waals surface area contributed by atoms with E-state index < -0.39 is 10.0 Å². The van der Waals surface area contributed by atoms with Crippen LogP contribution in [0.4, 0.5) is 5.69 Å². The summed E-state index contributed by atoms with van der Waals surface area (Å²) in [4.78, 5) is 15.1. The Bertz CT molecular complexity index is 1010. The second kappa shape index (κ2) is 10.3. The van der Waals surface area contributed by atoms with Crippen molar-refractivity contribution in [1.82, 2.24) is 10.2 Å². The molecule has 0 aliphatic carbocycles. The third-order valence-corrected chi connectivity index (χ3v) is 7.65. The van der Waals surface area contributed by atoms with Gasteiger partial charge in [0.1, 0.15) is 0 Å². The summed E-state index contributed by atoms with van der Waals surface area (Å²) in [7, 11) is -2.24. The van der Waals surface area contributed by atoms with Crippen LogP contribution in [0, 0.1) is 12.8 Å². The molecule has 1 amide bonds. The monoisotopic (exact) mass is 443 g/mol. The average molecular weight is 444 g/mol. The van der Waals surface area contributed by atoms with Gasteiger partial charge in [0.05, 0.1) is 10.6 Å². The van der Waals surface area contributed by atoms with Gasteiger partial charge in [-0.15, -0.1) is 0 Å². The number of carbonyl (C=O) groups is 1. The molecule has 3 rings (SSSR count). The minimum absolute atomic E-state index is 0.105. The van der Waals surface area contributed by atoms with Crippen molar-refractivity contribution in [3.05, 3.63) is 59.7 Å². The second-order valence-corrected chi connectivity index (χ2v) is 10.4. The Labute approximate surface area is 186 Å². The molecule has 1 aliphatic rings. The molecule has 1 fully saturated rings. The first kappa shape index (κ1) is 23.3. The van der Waals surface area contributed by atoms with Gasteiger partial charge < -0.3 is 10.2 Å². The molecule has 1 atom stereocenters. The first-order valence-electron chi connectivity index (χ1n) is 10.9. The van der Waals surface area contributed by atoms with E-state index >= 15 is 0 Å². The SMILES string of the molecule is Cc1ccccc1N(C)S(=O)(=O)c1cccc(C(=O)NCCCN2CCC[C@@H](C)C2)c1. The van der Waals surface area contributed by atoms with Crippen molar-refractivity contribution in [1.29, 1.82) is 0 Å². The molecular formula is C24H33N3O3S. The molecule has 0 radical (unpaired) electrons. The van der Waals surface area contributed by atoms with Gasteiger partial charge >= 0.3 is 0 Å². The van der Waals surface area contributed by atoms with Gasteiger partial charge in [0.2, 0.25) is 0 Å². The lowest BCUT2D eigenvalue weighted by molar-refractivity contribution is 0.0950. The maximum Gasteiger partial charge on any atom is 0.264 e. The number of hydrogen-bond donors (Lipinski definition) is 1. The molecule has 168 valence electrons. The van der Waals surface area contributed by atoms with Crippen molar-refractivity contribution in [2.24, 2.45) is 5.92 Å². The van der Waals surface area contributed by atoms with E-state index in [0.29, 0.717) is 17.8 Å². The predicted molar refractivity (Wildman–Crippen MR) is 125 cm³/mol. The van der Waals surface area contributed by atoms with Crippen LogP contribution in [-0.4, -0.2) is 52.5 Å². The van der Waals surface area contributed by atoms with E-state index in [4.69, 9.17) is 0 Å². The van der Waals surface area contributed by atoms with Crippen molar-refractivity contribution >= 4 is 21.6 Å². The summed E-state index contributed by atoms with van der Waals surface area (Å²) in [6, 6.07) is 13.6. The van der Waals surface area contributed by atoms with Gasteiger partial charge in [0.15, 0.2) is 0 Å². The number of anilines is 1. The van der Waals surface area contributed by atoms with Crippen molar-refractivity contribution in [2.75, 3.05) is 37.5 Å². The number of rotatable bonds is 8. The highest BCUT2D eigenvalue weighted by molar-refractivity contribution is 7.92. The number of piperidine rings is 1. The largest absolute Gasteiger partial charge is 0.352 e. The lowest BCUT2D eigenvalue weighted by atomic mass is 10.0. The third kappa shape index (κ3) is 5.86. The summed E-state index contributed by atoms with van der Waals surface area (Å²) >= 11 is 0. The van der Waals surface area contributed by atoms with Crippen LogP contribution in [0.25, 0.3) is 0 Å². The number of sulfonamides is 1. The zero-order valence-electron chi connectivity index (χ0n) is 18.7. The van der Waals surface area contributed by atoms with Gasteiger partial charge in [-0.05, 0) is 75.0 Å². The van der Waals surface area contributed by atoms with Crippen molar-refractivity contribution < 1.29 is 13.2 Å². The fraction of sp³-hybridized carbons (Fsp3) is 0.458. The minimum atomic E-state index is -3.77. The Morgan fingerprint density at radius 2 is 1.97 bits per heavy atom. The van der Waals surface area contributed by atoms with Crippen molar-refractivity contribution in [2.45, 2.75) is 38.0 Å². The molecule has 0 saturated carbocycles. The zero-order valence-corrected chi connectivity index (χ0v) is 19.5. The van der Waals surface area contributed by atoms with Gasteiger partial charge in [0.25, 0.3) is 15.9 Å². The van der Waals surface area contributed by atoms with Crippen molar-refractivity contribution in [3.8, 4) is 0 Å².